The minimum atomic E-state index is -0.984. The molecular formula is C30H30N2O5S. The number of nitrogens with zero attached hydrogens (tertiary/aromatic N) is 2. The van der Waals surface area contributed by atoms with Crippen molar-refractivity contribution in [3.8, 4) is 0 Å². The van der Waals surface area contributed by atoms with E-state index >= 15 is 0 Å². The molecule has 1 aromatic heterocycles. The van der Waals surface area contributed by atoms with E-state index < -0.39 is 29.9 Å². The highest BCUT2D eigenvalue weighted by molar-refractivity contribution is 7.17. The van der Waals surface area contributed by atoms with Crippen molar-refractivity contribution in [2.24, 2.45) is 5.92 Å². The number of hydrogen-bond donors (Lipinski definition) is 0. The Morgan fingerprint density at radius 3 is 2.50 bits per heavy atom. The molecule has 6 rings (SSSR count). The van der Waals surface area contributed by atoms with Gasteiger partial charge in [0.1, 0.15) is 10.9 Å². The Morgan fingerprint density at radius 2 is 1.76 bits per heavy atom. The smallest absolute Gasteiger partial charge is 0.341 e. The van der Waals surface area contributed by atoms with Crippen molar-refractivity contribution in [3.63, 3.8) is 0 Å². The predicted octanol–water partition coefficient (Wildman–Crippen LogP) is 5.47. The molecule has 2 saturated heterocycles. The fourth-order valence-electron chi connectivity index (χ4n) is 5.86. The van der Waals surface area contributed by atoms with Gasteiger partial charge in [-0.3, -0.25) is 14.4 Å². The van der Waals surface area contributed by atoms with E-state index in [2.05, 4.69) is 0 Å². The number of esters is 1. The molecule has 2 fully saturated rings. The highest BCUT2D eigenvalue weighted by atomic mass is 32.1. The molecule has 2 amide bonds. The molecule has 0 saturated carbocycles. The van der Waals surface area contributed by atoms with E-state index in [1.165, 1.54) is 16.2 Å². The second kappa shape index (κ2) is 9.67. The molecular weight excluding hydrogens is 500 g/mol. The third kappa shape index (κ3) is 3.85. The number of ether oxygens (including phenoxy) is 1. The number of hydroxylamine groups is 1. The van der Waals surface area contributed by atoms with Gasteiger partial charge in [-0.2, -0.15) is 0 Å². The Bertz CT molecular complexity index is 1430. The van der Waals surface area contributed by atoms with Gasteiger partial charge in [0.25, 0.3) is 5.91 Å². The summed E-state index contributed by atoms with van der Waals surface area (Å²) in [5.74, 6) is -2.00. The molecule has 0 unspecified atom stereocenters. The molecule has 196 valence electrons. The molecule has 0 radical (unpaired) electrons. The van der Waals surface area contributed by atoms with E-state index in [4.69, 9.17) is 9.57 Å². The lowest BCUT2D eigenvalue weighted by Gasteiger charge is -2.29. The number of fused-ring (bicyclic) bond motifs is 2. The number of thiophene rings is 1. The lowest BCUT2D eigenvalue weighted by molar-refractivity contribution is -0.126. The normalized spacial score (nSPS) is 22.6. The highest BCUT2D eigenvalue weighted by Crippen LogP contribution is 2.50. The molecule has 0 N–H and O–H groups in total. The number of amides is 2. The van der Waals surface area contributed by atoms with Crippen LogP contribution >= 0.6 is 11.3 Å². The number of carbonyl (C=O) groups is 3. The van der Waals surface area contributed by atoms with Crippen molar-refractivity contribution < 1.29 is 24.0 Å². The van der Waals surface area contributed by atoms with Gasteiger partial charge in [-0.15, -0.1) is 11.3 Å². The van der Waals surface area contributed by atoms with E-state index in [1.807, 2.05) is 62.4 Å². The lowest BCUT2D eigenvalue weighted by atomic mass is 9.90. The first-order chi connectivity index (χ1) is 18.4. The number of para-hydroxylation sites is 1. The molecule has 0 bridgehead atoms. The first-order valence-electron chi connectivity index (χ1n) is 13.2. The highest BCUT2D eigenvalue weighted by Gasteiger charge is 2.61. The molecule has 0 spiro atoms. The maximum atomic E-state index is 14.2. The lowest BCUT2D eigenvalue weighted by Crippen LogP contribution is -2.38. The summed E-state index contributed by atoms with van der Waals surface area (Å²) in [5.41, 5.74) is 5.09. The quantitative estimate of drug-likeness (QED) is 0.322. The number of anilines is 2. The molecule has 2 aliphatic heterocycles. The Labute approximate surface area is 225 Å². The third-order valence-electron chi connectivity index (χ3n) is 7.72. The minimum Gasteiger partial charge on any atom is -0.462 e. The van der Waals surface area contributed by atoms with Crippen LogP contribution in [0.3, 0.4) is 0 Å². The van der Waals surface area contributed by atoms with Crippen LogP contribution in [0.4, 0.5) is 10.7 Å². The Balaban J connectivity index is 1.45. The summed E-state index contributed by atoms with van der Waals surface area (Å²) in [6.07, 6.45) is 2.58. The maximum absolute atomic E-state index is 14.2. The van der Waals surface area contributed by atoms with E-state index in [-0.39, 0.29) is 12.5 Å². The zero-order valence-corrected chi connectivity index (χ0v) is 22.5. The van der Waals surface area contributed by atoms with Gasteiger partial charge >= 0.3 is 5.97 Å². The zero-order chi connectivity index (χ0) is 26.6. The standard InChI is InChI=1S/C30H30N2O5S/c1-4-36-30(35)23-20-10-6-8-12-22(20)38-29(23)31-27(33)24-25(19-15-13-17(2)14-16-19)32(37-26(24)28(31)34)21-11-7-5-9-18(21)3/h5,7,9,11,13-16,24-26H,4,6,8,10,12H2,1-3H3/t24-,25-,26-/m1/s1. The molecule has 38 heavy (non-hydrogen) atoms. The summed E-state index contributed by atoms with van der Waals surface area (Å²) < 4.78 is 5.39. The Morgan fingerprint density at radius 1 is 1.03 bits per heavy atom. The number of imide groups is 1. The number of benzene rings is 2. The van der Waals surface area contributed by atoms with Crippen LogP contribution in [0, 0.1) is 19.8 Å². The fraction of sp³-hybridized carbons (Fsp3) is 0.367. The second-order valence-electron chi connectivity index (χ2n) is 10.1. The summed E-state index contributed by atoms with van der Waals surface area (Å²) in [6.45, 7) is 5.97. The van der Waals surface area contributed by atoms with Gasteiger partial charge in [-0.25, -0.2) is 14.8 Å². The number of aryl methyl sites for hydroxylation is 3. The van der Waals surface area contributed by atoms with Crippen LogP contribution in [-0.2, 0) is 32.0 Å². The first kappa shape index (κ1) is 24.8. The average molecular weight is 531 g/mol. The molecule has 3 heterocycles. The van der Waals surface area contributed by atoms with Crippen LogP contribution in [-0.4, -0.2) is 30.5 Å². The maximum Gasteiger partial charge on any atom is 0.341 e. The molecule has 7 nitrogen and oxygen atoms in total. The van der Waals surface area contributed by atoms with Gasteiger partial charge in [0.15, 0.2) is 6.10 Å². The van der Waals surface area contributed by atoms with Crippen LogP contribution in [0.15, 0.2) is 48.5 Å². The van der Waals surface area contributed by atoms with Crippen LogP contribution in [0.5, 0.6) is 0 Å². The summed E-state index contributed by atoms with van der Waals surface area (Å²) in [4.78, 5) is 49.9. The monoisotopic (exact) mass is 530 g/mol. The fourth-order valence-corrected chi connectivity index (χ4v) is 7.25. The van der Waals surface area contributed by atoms with Crippen molar-refractivity contribution in [3.05, 3.63) is 81.2 Å². The van der Waals surface area contributed by atoms with Crippen LogP contribution < -0.4 is 9.96 Å². The van der Waals surface area contributed by atoms with Gasteiger partial charge < -0.3 is 4.74 Å². The average Bonchev–Trinajstić information content (AvgIpc) is 3.55. The summed E-state index contributed by atoms with van der Waals surface area (Å²) >= 11 is 1.37. The van der Waals surface area contributed by atoms with Gasteiger partial charge in [-0.05, 0) is 69.2 Å². The molecule has 8 heteroatoms. The van der Waals surface area contributed by atoms with E-state index in [9.17, 15) is 14.4 Å². The second-order valence-corrected chi connectivity index (χ2v) is 11.2. The Kier molecular flexibility index (Phi) is 6.32. The largest absolute Gasteiger partial charge is 0.462 e. The minimum absolute atomic E-state index is 0.222. The first-order valence-corrected chi connectivity index (χ1v) is 14.0. The van der Waals surface area contributed by atoms with Crippen molar-refractivity contribution in [1.29, 1.82) is 0 Å². The SMILES string of the molecule is CCOC(=O)c1c(N2C(=O)[C@@H]3[C@@H](c4ccc(C)cc4)N(c4ccccc4C)O[C@H]3C2=O)sc2c1CCCC2. The van der Waals surface area contributed by atoms with Gasteiger partial charge in [0.2, 0.25) is 5.91 Å². The van der Waals surface area contributed by atoms with E-state index in [1.54, 1.807) is 12.0 Å². The number of rotatable bonds is 5. The Hall–Kier alpha value is -3.49. The molecule has 3 atom stereocenters. The van der Waals surface area contributed by atoms with E-state index in [0.29, 0.717) is 10.6 Å². The summed E-state index contributed by atoms with van der Waals surface area (Å²) in [7, 11) is 0. The summed E-state index contributed by atoms with van der Waals surface area (Å²) in [5, 5.41) is 2.11. The van der Waals surface area contributed by atoms with Crippen molar-refractivity contribution in [1.82, 2.24) is 0 Å². The topological polar surface area (TPSA) is 76.2 Å². The number of carbonyl (C=O) groups excluding carboxylic acids is 3. The predicted molar refractivity (Wildman–Crippen MR) is 145 cm³/mol. The van der Waals surface area contributed by atoms with Crippen LogP contribution in [0.1, 0.15) is 63.3 Å². The molecule has 3 aliphatic rings. The van der Waals surface area contributed by atoms with Crippen molar-refractivity contribution in [2.45, 2.75) is 58.6 Å². The van der Waals surface area contributed by atoms with E-state index in [0.717, 1.165) is 58.5 Å². The van der Waals surface area contributed by atoms with Gasteiger partial charge in [0.05, 0.1) is 23.9 Å². The van der Waals surface area contributed by atoms with Gasteiger partial charge in [-0.1, -0.05) is 48.0 Å². The van der Waals surface area contributed by atoms with Crippen molar-refractivity contribution >= 4 is 39.8 Å². The van der Waals surface area contributed by atoms with Crippen LogP contribution in [0.25, 0.3) is 0 Å². The van der Waals surface area contributed by atoms with Crippen molar-refractivity contribution in [2.75, 3.05) is 16.6 Å². The molecule has 3 aromatic rings. The number of hydrogen-bond acceptors (Lipinski definition) is 7. The third-order valence-corrected chi connectivity index (χ3v) is 9.00. The summed E-state index contributed by atoms with van der Waals surface area (Å²) in [6, 6.07) is 15.3. The van der Waals surface area contributed by atoms with Crippen LogP contribution in [0.2, 0.25) is 0 Å². The van der Waals surface area contributed by atoms with Gasteiger partial charge in [0, 0.05) is 4.88 Å². The molecule has 2 aromatic carbocycles. The molecule has 1 aliphatic carbocycles. The zero-order valence-electron chi connectivity index (χ0n) is 21.7.